The Balaban J connectivity index is 2.41. The highest BCUT2D eigenvalue weighted by atomic mass is 16.7. The molecule has 0 aromatic rings. The zero-order valence-electron chi connectivity index (χ0n) is 16.4. The predicted molar refractivity (Wildman–Crippen MR) is 96.3 cm³/mol. The summed E-state index contributed by atoms with van der Waals surface area (Å²) < 4.78 is 24.3. The molecule has 1 saturated heterocycles. The topological polar surface area (TPSA) is 88.4 Å². The van der Waals surface area contributed by atoms with Crippen LogP contribution in [-0.4, -0.2) is 65.8 Å². The smallest absolute Gasteiger partial charge is 0.187 e. The molecule has 0 radical (unpaired) electrons. The number of aliphatic hydroxyl groups excluding tert-OH is 3. The van der Waals surface area contributed by atoms with Crippen LogP contribution < -0.4 is 0 Å². The van der Waals surface area contributed by atoms with Gasteiger partial charge in [-0.1, -0.05) is 57.9 Å². The van der Waals surface area contributed by atoms with Crippen LogP contribution in [0.1, 0.15) is 59.7 Å². The largest absolute Gasteiger partial charge is 0.394 e. The van der Waals surface area contributed by atoms with E-state index in [-0.39, 0.29) is 6.61 Å². The zero-order chi connectivity index (χ0) is 19.4. The third-order valence-corrected chi connectivity index (χ3v) is 4.38. The predicted octanol–water partition coefficient (Wildman–Crippen LogP) is 2.15. The normalized spacial score (nSPS) is 31.5. The monoisotopic (exact) mass is 361 g/mol. The van der Waals surface area contributed by atoms with Crippen LogP contribution in [0.3, 0.4) is 0 Å². The maximum atomic E-state index is 10.3. The van der Waals surface area contributed by atoms with Gasteiger partial charge in [0, 0.05) is 6.58 Å². The highest BCUT2D eigenvalue weighted by molar-refractivity contribution is 4.90. The maximum Gasteiger partial charge on any atom is 0.187 e. The second-order valence-corrected chi connectivity index (χ2v) is 6.51. The van der Waals surface area contributed by atoms with Crippen LogP contribution in [0, 0.1) is 0 Å². The molecule has 148 valence electrons. The van der Waals surface area contributed by atoms with Crippen molar-refractivity contribution in [3.63, 3.8) is 0 Å². The minimum absolute atomic E-state index is 0.158. The SMILES string of the molecule is [2H]C(CCCCCCCCC)O[C@H]1[C@H](O)[C@@H](CO)OC(OCC=C)[C@@H]1O. The minimum Gasteiger partial charge on any atom is -0.394 e. The van der Waals surface area contributed by atoms with Crippen LogP contribution in [0.4, 0.5) is 0 Å². The Hall–Kier alpha value is -0.500. The van der Waals surface area contributed by atoms with Crippen molar-refractivity contribution in [2.24, 2.45) is 0 Å². The molecule has 0 aromatic heterocycles. The van der Waals surface area contributed by atoms with E-state index < -0.39 is 43.9 Å². The summed E-state index contributed by atoms with van der Waals surface area (Å²) >= 11 is 0. The van der Waals surface area contributed by atoms with Crippen molar-refractivity contribution in [3.05, 3.63) is 12.7 Å². The Bertz CT molecular complexity index is 370. The fourth-order valence-corrected chi connectivity index (χ4v) is 2.88. The van der Waals surface area contributed by atoms with E-state index in [2.05, 4.69) is 13.5 Å². The summed E-state index contributed by atoms with van der Waals surface area (Å²) in [6.45, 7) is 4.60. The minimum atomic E-state index is -1.24. The first-order chi connectivity index (χ1) is 12.5. The number of unbranched alkanes of at least 4 members (excludes halogenated alkanes) is 6. The summed E-state index contributed by atoms with van der Waals surface area (Å²) in [5.74, 6) is 0. The van der Waals surface area contributed by atoms with Crippen molar-refractivity contribution in [2.45, 2.75) is 89.0 Å². The lowest BCUT2D eigenvalue weighted by molar-refractivity contribution is -0.305. The average Bonchev–Trinajstić information content (AvgIpc) is 2.64. The maximum absolute atomic E-state index is 10.3. The van der Waals surface area contributed by atoms with Gasteiger partial charge in [-0.3, -0.25) is 0 Å². The third kappa shape index (κ3) is 8.15. The molecule has 25 heavy (non-hydrogen) atoms. The van der Waals surface area contributed by atoms with E-state index in [1.807, 2.05) is 0 Å². The first kappa shape index (κ1) is 20.8. The molecule has 1 fully saturated rings. The number of hydrogen-bond acceptors (Lipinski definition) is 6. The highest BCUT2D eigenvalue weighted by Crippen LogP contribution is 2.24. The Kier molecular flexibility index (Phi) is 11.4. The molecule has 1 aliphatic rings. The molecule has 0 bridgehead atoms. The molecule has 3 N–H and O–H groups in total. The van der Waals surface area contributed by atoms with E-state index in [1.54, 1.807) is 0 Å². The van der Waals surface area contributed by atoms with Gasteiger partial charge in [0.15, 0.2) is 6.29 Å². The van der Waals surface area contributed by atoms with Gasteiger partial charge in [-0.25, -0.2) is 0 Å². The standard InChI is InChI=1S/C19H36O6/c1-3-5-6-7-8-9-10-11-13-23-18-16(21)15(14-20)25-19(17(18)22)24-12-4-2/h4,15-22H,2-3,5-14H2,1H3/t15-,16-,17-,18+,19?/m1/s1/i13D/t13?,15-,16-,17-,18+,19?. The van der Waals surface area contributed by atoms with E-state index in [0.717, 1.165) is 19.3 Å². The zero-order valence-corrected chi connectivity index (χ0v) is 15.4. The molecule has 1 aliphatic heterocycles. The summed E-state index contributed by atoms with van der Waals surface area (Å²) in [5.41, 5.74) is 0. The van der Waals surface area contributed by atoms with Crippen LogP contribution in [0.5, 0.6) is 0 Å². The lowest BCUT2D eigenvalue weighted by Crippen LogP contribution is -2.60. The molecule has 2 unspecified atom stereocenters. The first-order valence-corrected chi connectivity index (χ1v) is 9.47. The lowest BCUT2D eigenvalue weighted by Gasteiger charge is -2.41. The Labute approximate surface area is 153 Å². The Morgan fingerprint density at radius 1 is 1.04 bits per heavy atom. The van der Waals surface area contributed by atoms with Gasteiger partial charge in [0.2, 0.25) is 0 Å². The van der Waals surface area contributed by atoms with E-state index in [1.165, 1.54) is 31.8 Å². The Morgan fingerprint density at radius 2 is 1.68 bits per heavy atom. The summed E-state index contributed by atoms with van der Waals surface area (Å²) in [6, 6.07) is 0. The number of hydrogen-bond donors (Lipinski definition) is 3. The van der Waals surface area contributed by atoms with Gasteiger partial charge in [-0.15, -0.1) is 6.58 Å². The van der Waals surface area contributed by atoms with Crippen molar-refractivity contribution >= 4 is 0 Å². The Morgan fingerprint density at radius 3 is 2.28 bits per heavy atom. The molecular weight excluding hydrogens is 324 g/mol. The molecule has 0 spiro atoms. The number of ether oxygens (including phenoxy) is 3. The van der Waals surface area contributed by atoms with Gasteiger partial charge in [0.1, 0.15) is 24.4 Å². The quantitative estimate of drug-likeness (QED) is 0.325. The van der Waals surface area contributed by atoms with Gasteiger partial charge >= 0.3 is 0 Å². The van der Waals surface area contributed by atoms with Crippen molar-refractivity contribution in [2.75, 3.05) is 19.8 Å². The number of aliphatic hydroxyl groups is 3. The van der Waals surface area contributed by atoms with E-state index >= 15 is 0 Å². The van der Waals surface area contributed by atoms with Crippen LogP contribution in [0.2, 0.25) is 0 Å². The van der Waals surface area contributed by atoms with E-state index in [4.69, 9.17) is 15.6 Å². The van der Waals surface area contributed by atoms with Gasteiger partial charge in [-0.2, -0.15) is 0 Å². The van der Waals surface area contributed by atoms with Gasteiger partial charge in [-0.05, 0) is 6.42 Å². The fraction of sp³-hybridized carbons (Fsp3) is 0.895. The molecule has 0 saturated carbocycles. The van der Waals surface area contributed by atoms with Crippen molar-refractivity contribution < 1.29 is 30.9 Å². The molecule has 0 amide bonds. The van der Waals surface area contributed by atoms with E-state index in [0.29, 0.717) is 6.42 Å². The molecule has 0 aromatic carbocycles. The van der Waals surface area contributed by atoms with Crippen LogP contribution >= 0.6 is 0 Å². The van der Waals surface area contributed by atoms with Gasteiger partial charge in [0.05, 0.1) is 14.6 Å². The summed E-state index contributed by atoms with van der Waals surface area (Å²) in [6.07, 6.45) is 4.62. The van der Waals surface area contributed by atoms with Crippen molar-refractivity contribution in [1.29, 1.82) is 0 Å². The molecule has 1 rings (SSSR count). The van der Waals surface area contributed by atoms with Crippen LogP contribution in [-0.2, 0) is 14.2 Å². The summed E-state index contributed by atoms with van der Waals surface area (Å²) in [5, 5.41) is 30.0. The molecule has 6 atom stereocenters. The van der Waals surface area contributed by atoms with Gasteiger partial charge in [0.25, 0.3) is 0 Å². The molecule has 0 aliphatic carbocycles. The average molecular weight is 361 g/mol. The van der Waals surface area contributed by atoms with Crippen molar-refractivity contribution in [3.8, 4) is 0 Å². The molecule has 1 heterocycles. The number of rotatable bonds is 14. The summed E-state index contributed by atoms with van der Waals surface area (Å²) in [7, 11) is 0. The molecular formula is C19H36O6. The second kappa shape index (κ2) is 13.7. The van der Waals surface area contributed by atoms with E-state index in [9.17, 15) is 15.3 Å². The highest BCUT2D eigenvalue weighted by Gasteiger charge is 2.45. The van der Waals surface area contributed by atoms with Crippen LogP contribution in [0.15, 0.2) is 12.7 Å². The van der Waals surface area contributed by atoms with Gasteiger partial charge < -0.3 is 29.5 Å². The third-order valence-electron chi connectivity index (χ3n) is 4.38. The summed E-state index contributed by atoms with van der Waals surface area (Å²) in [4.78, 5) is 0. The van der Waals surface area contributed by atoms with Crippen LogP contribution in [0.25, 0.3) is 0 Å². The molecule has 6 heteroatoms. The second-order valence-electron chi connectivity index (χ2n) is 6.51. The fourth-order valence-electron chi connectivity index (χ4n) is 2.88. The molecule has 6 nitrogen and oxygen atoms in total. The lowest BCUT2D eigenvalue weighted by atomic mass is 9.99. The van der Waals surface area contributed by atoms with Crippen molar-refractivity contribution in [1.82, 2.24) is 0 Å². The first-order valence-electron chi connectivity index (χ1n) is 10.1.